The molecule has 1 N–H and O–H groups in total. The number of hydrogen-bond donors (Lipinski definition) is 1. The number of nitrogens with zero attached hydrogens (tertiary/aromatic N) is 1. The molecule has 78 valence electrons. The van der Waals surface area contributed by atoms with Gasteiger partial charge in [-0.3, -0.25) is 5.10 Å². The molecule has 3 heteroatoms. The predicted molar refractivity (Wildman–Crippen MR) is 55.5 cm³/mol. The van der Waals surface area contributed by atoms with Gasteiger partial charge in [-0.2, -0.15) is 5.10 Å². The number of hydrogen-bond acceptors (Lipinski definition) is 2. The molecule has 1 heterocycles. The average molecular weight is 194 g/mol. The van der Waals surface area contributed by atoms with Gasteiger partial charge in [-0.05, 0) is 32.1 Å². The lowest BCUT2D eigenvalue weighted by atomic mass is 9.98. The highest BCUT2D eigenvalue weighted by Crippen LogP contribution is 2.24. The van der Waals surface area contributed by atoms with Gasteiger partial charge in [0.05, 0.1) is 18.0 Å². The summed E-state index contributed by atoms with van der Waals surface area (Å²) in [4.78, 5) is 0. The SMILES string of the molecule is CCc1[nH]ncc1OC1CCCCC1. The molecule has 1 aliphatic rings. The molecular formula is C11H18N2O. The summed E-state index contributed by atoms with van der Waals surface area (Å²) in [6.45, 7) is 2.11. The van der Waals surface area contributed by atoms with Crippen LogP contribution in [0.3, 0.4) is 0 Å². The third-order valence-corrected chi connectivity index (χ3v) is 2.88. The molecule has 1 saturated carbocycles. The zero-order chi connectivity index (χ0) is 9.80. The molecule has 0 saturated heterocycles. The van der Waals surface area contributed by atoms with E-state index >= 15 is 0 Å². The van der Waals surface area contributed by atoms with Gasteiger partial charge in [0.25, 0.3) is 0 Å². The number of aromatic nitrogens is 2. The molecule has 0 unspecified atom stereocenters. The molecular weight excluding hydrogens is 176 g/mol. The summed E-state index contributed by atoms with van der Waals surface area (Å²) in [5.41, 5.74) is 1.12. The van der Waals surface area contributed by atoms with E-state index in [1.165, 1.54) is 32.1 Å². The van der Waals surface area contributed by atoms with Gasteiger partial charge in [-0.15, -0.1) is 0 Å². The zero-order valence-electron chi connectivity index (χ0n) is 8.75. The van der Waals surface area contributed by atoms with Crippen LogP contribution in [0.15, 0.2) is 6.20 Å². The number of rotatable bonds is 3. The van der Waals surface area contributed by atoms with Crippen LogP contribution in [0.4, 0.5) is 0 Å². The Bertz CT molecular complexity index is 277. The Morgan fingerprint density at radius 2 is 2.21 bits per heavy atom. The second kappa shape index (κ2) is 4.49. The minimum atomic E-state index is 0.423. The van der Waals surface area contributed by atoms with E-state index in [-0.39, 0.29) is 0 Å². The van der Waals surface area contributed by atoms with E-state index in [1.807, 2.05) is 0 Å². The molecule has 0 amide bonds. The van der Waals surface area contributed by atoms with E-state index in [1.54, 1.807) is 6.20 Å². The Labute approximate surface area is 84.9 Å². The van der Waals surface area contributed by atoms with E-state index in [9.17, 15) is 0 Å². The molecule has 2 rings (SSSR count). The van der Waals surface area contributed by atoms with Crippen molar-refractivity contribution >= 4 is 0 Å². The predicted octanol–water partition coefficient (Wildman–Crippen LogP) is 2.68. The Hall–Kier alpha value is -0.990. The van der Waals surface area contributed by atoms with Gasteiger partial charge in [0.1, 0.15) is 0 Å². The first kappa shape index (κ1) is 9.56. The van der Waals surface area contributed by atoms with Gasteiger partial charge < -0.3 is 4.74 Å². The van der Waals surface area contributed by atoms with Gasteiger partial charge in [0.15, 0.2) is 5.75 Å². The van der Waals surface area contributed by atoms with Crippen LogP contribution in [0.2, 0.25) is 0 Å². The maximum absolute atomic E-state index is 5.92. The lowest BCUT2D eigenvalue weighted by Crippen LogP contribution is -2.19. The van der Waals surface area contributed by atoms with E-state index in [2.05, 4.69) is 17.1 Å². The molecule has 1 fully saturated rings. The smallest absolute Gasteiger partial charge is 0.160 e. The van der Waals surface area contributed by atoms with Crippen molar-refractivity contribution in [1.82, 2.24) is 10.2 Å². The molecule has 0 aliphatic heterocycles. The summed E-state index contributed by atoms with van der Waals surface area (Å²) in [6.07, 6.45) is 9.57. The Morgan fingerprint density at radius 3 is 2.93 bits per heavy atom. The second-order valence-electron chi connectivity index (χ2n) is 3.94. The minimum Gasteiger partial charge on any atom is -0.487 e. The molecule has 0 bridgehead atoms. The van der Waals surface area contributed by atoms with Crippen molar-refractivity contribution in [3.05, 3.63) is 11.9 Å². The molecule has 0 atom stereocenters. The van der Waals surface area contributed by atoms with Crippen LogP contribution in [0.5, 0.6) is 5.75 Å². The van der Waals surface area contributed by atoms with Crippen LogP contribution in [0.1, 0.15) is 44.7 Å². The van der Waals surface area contributed by atoms with Crippen molar-refractivity contribution in [2.24, 2.45) is 0 Å². The van der Waals surface area contributed by atoms with Gasteiger partial charge >= 0.3 is 0 Å². The van der Waals surface area contributed by atoms with Gasteiger partial charge in [-0.1, -0.05) is 13.3 Å². The number of nitrogens with one attached hydrogen (secondary N) is 1. The van der Waals surface area contributed by atoms with Crippen molar-refractivity contribution in [3.8, 4) is 5.75 Å². The number of H-pyrrole nitrogens is 1. The lowest BCUT2D eigenvalue weighted by Gasteiger charge is -2.22. The van der Waals surface area contributed by atoms with Crippen LogP contribution in [-0.2, 0) is 6.42 Å². The highest BCUT2D eigenvalue weighted by Gasteiger charge is 2.16. The van der Waals surface area contributed by atoms with Crippen LogP contribution >= 0.6 is 0 Å². The van der Waals surface area contributed by atoms with Gasteiger partial charge in [0.2, 0.25) is 0 Å². The summed E-state index contributed by atoms with van der Waals surface area (Å²) < 4.78 is 5.92. The number of aryl methyl sites for hydroxylation is 1. The summed E-state index contributed by atoms with van der Waals surface area (Å²) in [6, 6.07) is 0. The van der Waals surface area contributed by atoms with Crippen molar-refractivity contribution in [2.75, 3.05) is 0 Å². The Kier molecular flexibility index (Phi) is 3.07. The second-order valence-corrected chi connectivity index (χ2v) is 3.94. The Balaban J connectivity index is 1.95. The Morgan fingerprint density at radius 1 is 1.43 bits per heavy atom. The van der Waals surface area contributed by atoms with Crippen LogP contribution in [0, 0.1) is 0 Å². The molecule has 0 spiro atoms. The molecule has 1 aromatic heterocycles. The quantitative estimate of drug-likeness (QED) is 0.803. The highest BCUT2D eigenvalue weighted by molar-refractivity contribution is 5.23. The summed E-state index contributed by atoms with van der Waals surface area (Å²) in [5.74, 6) is 0.958. The number of ether oxygens (including phenoxy) is 1. The maximum atomic E-state index is 5.92. The van der Waals surface area contributed by atoms with Crippen molar-refractivity contribution in [3.63, 3.8) is 0 Å². The first-order valence-corrected chi connectivity index (χ1v) is 5.59. The third-order valence-electron chi connectivity index (χ3n) is 2.88. The fourth-order valence-corrected chi connectivity index (χ4v) is 2.02. The van der Waals surface area contributed by atoms with Crippen molar-refractivity contribution in [1.29, 1.82) is 0 Å². The van der Waals surface area contributed by atoms with E-state index < -0.39 is 0 Å². The average Bonchev–Trinajstić information content (AvgIpc) is 2.67. The first-order valence-electron chi connectivity index (χ1n) is 5.59. The lowest BCUT2D eigenvalue weighted by molar-refractivity contribution is 0.153. The topological polar surface area (TPSA) is 37.9 Å². The largest absolute Gasteiger partial charge is 0.487 e. The van der Waals surface area contributed by atoms with Crippen molar-refractivity contribution < 1.29 is 4.74 Å². The normalized spacial score (nSPS) is 18.4. The highest BCUT2D eigenvalue weighted by atomic mass is 16.5. The van der Waals surface area contributed by atoms with Gasteiger partial charge in [0, 0.05) is 0 Å². The number of aromatic amines is 1. The summed E-state index contributed by atoms with van der Waals surface area (Å²) in [5, 5.41) is 6.98. The standard InChI is InChI=1S/C11H18N2O/c1-2-10-11(8-12-13-10)14-9-6-4-3-5-7-9/h8-9H,2-7H2,1H3,(H,12,13). The molecule has 1 aromatic rings. The van der Waals surface area contributed by atoms with E-state index in [0.717, 1.165) is 17.9 Å². The van der Waals surface area contributed by atoms with Gasteiger partial charge in [-0.25, -0.2) is 0 Å². The molecule has 3 nitrogen and oxygen atoms in total. The van der Waals surface area contributed by atoms with E-state index in [0.29, 0.717) is 6.10 Å². The molecule has 0 radical (unpaired) electrons. The fraction of sp³-hybridized carbons (Fsp3) is 0.727. The third kappa shape index (κ3) is 2.08. The van der Waals surface area contributed by atoms with Crippen molar-refractivity contribution in [2.45, 2.75) is 51.6 Å². The fourth-order valence-electron chi connectivity index (χ4n) is 2.02. The molecule has 1 aliphatic carbocycles. The molecule has 0 aromatic carbocycles. The molecule has 14 heavy (non-hydrogen) atoms. The maximum Gasteiger partial charge on any atom is 0.160 e. The minimum absolute atomic E-state index is 0.423. The first-order chi connectivity index (χ1) is 6.90. The van der Waals surface area contributed by atoms with Crippen LogP contribution in [0.25, 0.3) is 0 Å². The monoisotopic (exact) mass is 194 g/mol. The van der Waals surface area contributed by atoms with Crippen LogP contribution in [-0.4, -0.2) is 16.3 Å². The zero-order valence-corrected chi connectivity index (χ0v) is 8.75. The van der Waals surface area contributed by atoms with Crippen LogP contribution < -0.4 is 4.74 Å². The summed E-state index contributed by atoms with van der Waals surface area (Å²) >= 11 is 0. The van der Waals surface area contributed by atoms with E-state index in [4.69, 9.17) is 4.74 Å². The summed E-state index contributed by atoms with van der Waals surface area (Å²) in [7, 11) is 0.